The summed E-state index contributed by atoms with van der Waals surface area (Å²) in [6, 6.07) is 14.2. The summed E-state index contributed by atoms with van der Waals surface area (Å²) in [6.07, 6.45) is 1.29. The number of halogens is 2. The summed E-state index contributed by atoms with van der Waals surface area (Å²) in [6.45, 7) is 1.49. The molecule has 0 radical (unpaired) electrons. The maximum absolute atomic E-state index is 13.1. The largest absolute Gasteiger partial charge is 0.508 e. The number of hydrogen-bond donors (Lipinski definition) is 3. The number of phenols is 1. The third-order valence-electron chi connectivity index (χ3n) is 4.33. The molecule has 0 saturated carbocycles. The molecule has 0 spiro atoms. The van der Waals surface area contributed by atoms with E-state index in [1.54, 1.807) is 37.3 Å². The number of carbonyl (C=O) groups is 1. The second-order valence-electron chi connectivity index (χ2n) is 6.97. The number of thiocarbonyl (C=S) groups is 1. The summed E-state index contributed by atoms with van der Waals surface area (Å²) < 4.78 is 23.3. The predicted octanol–water partition coefficient (Wildman–Crippen LogP) is 4.42. The van der Waals surface area contributed by atoms with Gasteiger partial charge in [0.25, 0.3) is 0 Å². The van der Waals surface area contributed by atoms with Crippen molar-refractivity contribution in [2.75, 3.05) is 13.7 Å². The van der Waals surface area contributed by atoms with E-state index in [0.29, 0.717) is 17.7 Å². The summed E-state index contributed by atoms with van der Waals surface area (Å²) in [4.78, 5) is 16.0. The second kappa shape index (κ2) is 13.3. The Kier molecular flexibility index (Phi) is 10.5. The molecular weight excluding hydrogens is 483 g/mol. The van der Waals surface area contributed by atoms with Crippen LogP contribution in [0.15, 0.2) is 60.8 Å². The molecule has 34 heavy (non-hydrogen) atoms. The Labute approximate surface area is 207 Å². The maximum Gasteiger partial charge on any atom is 0.325 e. The van der Waals surface area contributed by atoms with Gasteiger partial charge in [-0.2, -0.15) is 0 Å². The van der Waals surface area contributed by atoms with Gasteiger partial charge in [0, 0.05) is 23.7 Å². The van der Waals surface area contributed by atoms with Gasteiger partial charge in [-0.05, 0) is 36.8 Å². The van der Waals surface area contributed by atoms with Crippen LogP contribution < -0.4 is 10.1 Å². The first-order chi connectivity index (χ1) is 16.2. The average molecular weight is 507 g/mol. The Morgan fingerprint density at radius 3 is 2.50 bits per heavy atom. The van der Waals surface area contributed by atoms with Crippen LogP contribution in [0.5, 0.6) is 17.2 Å². The lowest BCUT2D eigenvalue weighted by atomic mass is 10.1. The maximum atomic E-state index is 13.1. The zero-order chi connectivity index (χ0) is 25.1. The Balaban J connectivity index is 0.000000497. The molecule has 1 heterocycles. The molecule has 0 fully saturated rings. The van der Waals surface area contributed by atoms with Crippen molar-refractivity contribution < 1.29 is 28.9 Å². The van der Waals surface area contributed by atoms with E-state index in [2.05, 4.69) is 10.3 Å². The van der Waals surface area contributed by atoms with Gasteiger partial charge in [0.15, 0.2) is 11.5 Å². The standard InChI is InChI=1S/C18H18ClFN2O4S.C6H6O/c1-10(7-11-3-4-12(20)8-13(11)19)26-15(23)9-22-18(27)16-17(24)14(25-2)5-6-21-16;7-6-4-2-1-3-5-6/h3-6,8,10,24H,7,9H2,1-2H3,(H,22,27);1-5,7H. The quantitative estimate of drug-likeness (QED) is 0.320. The number of benzene rings is 2. The van der Waals surface area contributed by atoms with E-state index in [1.165, 1.54) is 31.5 Å². The lowest BCUT2D eigenvalue weighted by Crippen LogP contribution is -2.32. The molecule has 3 rings (SSSR count). The van der Waals surface area contributed by atoms with Crippen LogP contribution in [-0.4, -0.2) is 45.9 Å². The van der Waals surface area contributed by atoms with Crippen LogP contribution in [0.2, 0.25) is 5.02 Å². The third-order valence-corrected chi connectivity index (χ3v) is 5.02. The van der Waals surface area contributed by atoms with Gasteiger partial charge in [-0.1, -0.05) is 48.1 Å². The topological polar surface area (TPSA) is 101 Å². The predicted molar refractivity (Wildman–Crippen MR) is 131 cm³/mol. The molecule has 1 aromatic heterocycles. The summed E-state index contributed by atoms with van der Waals surface area (Å²) in [5.41, 5.74) is 0.774. The van der Waals surface area contributed by atoms with Crippen molar-refractivity contribution >= 4 is 34.8 Å². The van der Waals surface area contributed by atoms with E-state index >= 15 is 0 Å². The minimum atomic E-state index is -0.550. The second-order valence-corrected chi connectivity index (χ2v) is 7.78. The van der Waals surface area contributed by atoms with Gasteiger partial charge in [-0.25, -0.2) is 9.37 Å². The number of aromatic hydroxyl groups is 2. The van der Waals surface area contributed by atoms with E-state index in [1.807, 2.05) is 6.07 Å². The molecule has 3 aromatic rings. The number of nitrogens with one attached hydrogen (secondary N) is 1. The molecule has 7 nitrogen and oxygen atoms in total. The Bertz CT molecular complexity index is 1120. The highest BCUT2D eigenvalue weighted by molar-refractivity contribution is 7.80. The van der Waals surface area contributed by atoms with E-state index in [4.69, 9.17) is 38.4 Å². The molecule has 180 valence electrons. The van der Waals surface area contributed by atoms with Crippen molar-refractivity contribution in [3.8, 4) is 17.2 Å². The minimum Gasteiger partial charge on any atom is -0.508 e. The van der Waals surface area contributed by atoms with Crippen LogP contribution in [0.4, 0.5) is 4.39 Å². The van der Waals surface area contributed by atoms with Gasteiger partial charge in [0.2, 0.25) is 0 Å². The van der Waals surface area contributed by atoms with Crippen molar-refractivity contribution in [2.24, 2.45) is 0 Å². The van der Waals surface area contributed by atoms with Crippen LogP contribution in [0.1, 0.15) is 18.2 Å². The number of esters is 1. The van der Waals surface area contributed by atoms with Crippen molar-refractivity contribution in [2.45, 2.75) is 19.4 Å². The first-order valence-electron chi connectivity index (χ1n) is 10.1. The first-order valence-corrected chi connectivity index (χ1v) is 10.9. The number of nitrogens with zero attached hydrogens (tertiary/aromatic N) is 1. The fraction of sp³-hybridized carbons (Fsp3) is 0.208. The van der Waals surface area contributed by atoms with Crippen LogP contribution in [0.3, 0.4) is 0 Å². The van der Waals surface area contributed by atoms with Crippen LogP contribution in [0.25, 0.3) is 0 Å². The third kappa shape index (κ3) is 8.49. The van der Waals surface area contributed by atoms with Crippen molar-refractivity contribution in [3.05, 3.63) is 82.9 Å². The summed E-state index contributed by atoms with van der Waals surface area (Å²) in [7, 11) is 1.40. The number of ether oxygens (including phenoxy) is 2. The molecular formula is C24H24ClFN2O5S. The van der Waals surface area contributed by atoms with Gasteiger partial charge in [0.05, 0.1) is 7.11 Å². The molecule has 10 heteroatoms. The first kappa shape index (κ1) is 26.8. The Hall–Kier alpha value is -3.43. The highest BCUT2D eigenvalue weighted by Gasteiger charge is 2.16. The average Bonchev–Trinajstić information content (AvgIpc) is 2.80. The number of phenolic OH excluding ortho intramolecular Hbond substituents is 1. The molecule has 0 aliphatic heterocycles. The number of para-hydroxylation sites is 1. The smallest absolute Gasteiger partial charge is 0.325 e. The zero-order valence-corrected chi connectivity index (χ0v) is 20.1. The lowest BCUT2D eigenvalue weighted by Gasteiger charge is -2.15. The lowest BCUT2D eigenvalue weighted by molar-refractivity contribution is -0.146. The Morgan fingerprint density at radius 2 is 1.91 bits per heavy atom. The fourth-order valence-electron chi connectivity index (χ4n) is 2.74. The highest BCUT2D eigenvalue weighted by Crippen LogP contribution is 2.27. The number of pyridine rings is 1. The number of carbonyl (C=O) groups excluding carboxylic acids is 1. The molecule has 1 atom stereocenters. The molecule has 0 bridgehead atoms. The monoisotopic (exact) mass is 506 g/mol. The minimum absolute atomic E-state index is 0.0811. The van der Waals surface area contributed by atoms with E-state index in [9.17, 15) is 14.3 Å². The summed E-state index contributed by atoms with van der Waals surface area (Å²) in [5, 5.41) is 21.6. The molecule has 3 N–H and O–H groups in total. The summed E-state index contributed by atoms with van der Waals surface area (Å²) in [5.74, 6) is -0.657. The highest BCUT2D eigenvalue weighted by atomic mass is 35.5. The van der Waals surface area contributed by atoms with Gasteiger partial charge in [0.1, 0.15) is 34.9 Å². The van der Waals surface area contributed by atoms with E-state index in [0.717, 1.165) is 0 Å². The van der Waals surface area contributed by atoms with Crippen molar-refractivity contribution in [3.63, 3.8) is 0 Å². The van der Waals surface area contributed by atoms with Gasteiger partial charge in [-0.15, -0.1) is 0 Å². The van der Waals surface area contributed by atoms with E-state index < -0.39 is 17.9 Å². The van der Waals surface area contributed by atoms with Crippen LogP contribution >= 0.6 is 23.8 Å². The number of methoxy groups -OCH3 is 1. The summed E-state index contributed by atoms with van der Waals surface area (Å²) >= 11 is 11.1. The Morgan fingerprint density at radius 1 is 1.21 bits per heavy atom. The normalized spacial score (nSPS) is 10.9. The molecule has 1 unspecified atom stereocenters. The molecule has 2 aromatic carbocycles. The van der Waals surface area contributed by atoms with Gasteiger partial charge < -0.3 is 25.0 Å². The number of hydrogen-bond acceptors (Lipinski definition) is 7. The molecule has 0 aliphatic carbocycles. The SMILES string of the molecule is COc1ccnc(C(=S)NCC(=O)OC(C)Cc2ccc(F)cc2Cl)c1O.Oc1ccccc1. The fourth-order valence-corrected chi connectivity index (χ4v) is 3.20. The van der Waals surface area contributed by atoms with Crippen molar-refractivity contribution in [1.29, 1.82) is 0 Å². The number of rotatable bonds is 7. The van der Waals surface area contributed by atoms with Gasteiger partial charge >= 0.3 is 5.97 Å². The zero-order valence-electron chi connectivity index (χ0n) is 18.5. The molecule has 0 aliphatic rings. The van der Waals surface area contributed by atoms with Crippen LogP contribution in [0, 0.1) is 5.82 Å². The number of aromatic nitrogens is 1. The molecule has 0 saturated heterocycles. The van der Waals surface area contributed by atoms with Gasteiger partial charge in [-0.3, -0.25) is 4.79 Å². The van der Waals surface area contributed by atoms with Crippen molar-refractivity contribution in [1.82, 2.24) is 10.3 Å². The van der Waals surface area contributed by atoms with E-state index in [-0.39, 0.29) is 33.7 Å². The van der Waals surface area contributed by atoms with Crippen LogP contribution in [-0.2, 0) is 16.0 Å². The molecule has 0 amide bonds.